The van der Waals surface area contributed by atoms with Crippen LogP contribution in [0.2, 0.25) is 0 Å². The number of alkyl halides is 2. The second-order valence-electron chi connectivity index (χ2n) is 3.36. The lowest BCUT2D eigenvalue weighted by molar-refractivity contribution is 0.0974. The van der Waals surface area contributed by atoms with Gasteiger partial charge >= 0.3 is 0 Å². The molecule has 0 bridgehead atoms. The fraction of sp³-hybridized carbons (Fsp3) is 0.400. The lowest BCUT2D eigenvalue weighted by Gasteiger charge is -2.16. The monoisotopic (exact) mass is 279 g/mol. The van der Waals surface area contributed by atoms with Crippen LogP contribution in [-0.4, -0.2) is 30.0 Å². The molecular formula is C10H12BrF2NO. The number of halogens is 3. The Kier molecular flexibility index (Phi) is 4.47. The number of phenolic OH excluding ortho intramolecular Hbond substituents is 1. The van der Waals surface area contributed by atoms with E-state index in [1.165, 1.54) is 4.90 Å². The maximum atomic E-state index is 12.1. The van der Waals surface area contributed by atoms with Gasteiger partial charge in [0.2, 0.25) is 0 Å². The van der Waals surface area contributed by atoms with Gasteiger partial charge in [-0.25, -0.2) is 8.78 Å². The summed E-state index contributed by atoms with van der Waals surface area (Å²) in [6.07, 6.45) is -2.34. The van der Waals surface area contributed by atoms with Crippen LogP contribution in [0.4, 0.5) is 8.78 Å². The zero-order valence-electron chi connectivity index (χ0n) is 8.25. The van der Waals surface area contributed by atoms with E-state index in [-0.39, 0.29) is 12.3 Å². The van der Waals surface area contributed by atoms with E-state index >= 15 is 0 Å². The predicted molar refractivity (Wildman–Crippen MR) is 58.1 cm³/mol. The van der Waals surface area contributed by atoms with E-state index in [4.69, 9.17) is 0 Å². The molecule has 0 heterocycles. The molecule has 0 saturated heterocycles. The number of rotatable bonds is 4. The topological polar surface area (TPSA) is 23.5 Å². The van der Waals surface area contributed by atoms with E-state index in [2.05, 4.69) is 15.9 Å². The van der Waals surface area contributed by atoms with Gasteiger partial charge in [-0.15, -0.1) is 0 Å². The highest BCUT2D eigenvalue weighted by molar-refractivity contribution is 9.10. The average Bonchev–Trinajstić information content (AvgIpc) is 2.10. The van der Waals surface area contributed by atoms with Crippen LogP contribution in [0.5, 0.6) is 5.75 Å². The molecule has 0 saturated carbocycles. The Morgan fingerprint density at radius 3 is 2.73 bits per heavy atom. The van der Waals surface area contributed by atoms with Crippen molar-refractivity contribution in [3.63, 3.8) is 0 Å². The van der Waals surface area contributed by atoms with Crippen molar-refractivity contribution in [2.24, 2.45) is 0 Å². The molecule has 0 amide bonds. The molecule has 0 aliphatic rings. The smallest absolute Gasteiger partial charge is 0.251 e. The van der Waals surface area contributed by atoms with Crippen LogP contribution in [-0.2, 0) is 6.54 Å². The molecule has 0 atom stereocenters. The maximum Gasteiger partial charge on any atom is 0.251 e. The summed E-state index contributed by atoms with van der Waals surface area (Å²) in [4.78, 5) is 1.50. The van der Waals surface area contributed by atoms with Gasteiger partial charge in [0.25, 0.3) is 6.43 Å². The summed E-state index contributed by atoms with van der Waals surface area (Å²) in [7, 11) is 1.61. The summed E-state index contributed by atoms with van der Waals surface area (Å²) in [6, 6.07) is 4.80. The Bertz CT molecular complexity index is 333. The van der Waals surface area contributed by atoms with Crippen molar-refractivity contribution in [2.45, 2.75) is 13.0 Å². The van der Waals surface area contributed by atoms with Crippen molar-refractivity contribution >= 4 is 15.9 Å². The molecule has 2 nitrogen and oxygen atoms in total. The molecule has 5 heteroatoms. The standard InChI is InChI=1S/C10H12BrF2NO/c1-14(6-10(12)13)5-7-4-8(15)2-3-9(7)11/h2-4,10,15H,5-6H2,1H3. The largest absolute Gasteiger partial charge is 0.508 e. The van der Waals surface area contributed by atoms with Gasteiger partial charge in [0.15, 0.2) is 0 Å². The first-order valence-corrected chi connectivity index (χ1v) is 5.22. The minimum atomic E-state index is -2.34. The third-order valence-corrected chi connectivity index (χ3v) is 2.69. The van der Waals surface area contributed by atoms with Crippen LogP contribution in [0.25, 0.3) is 0 Å². The number of phenols is 1. The molecule has 0 unspecified atom stereocenters. The van der Waals surface area contributed by atoms with Gasteiger partial charge in [-0.1, -0.05) is 15.9 Å². The molecule has 0 radical (unpaired) electrons. The fourth-order valence-electron chi connectivity index (χ4n) is 1.27. The van der Waals surface area contributed by atoms with Crippen LogP contribution in [0.1, 0.15) is 5.56 Å². The summed E-state index contributed by atoms with van der Waals surface area (Å²) in [6.45, 7) is 0.0986. The Morgan fingerprint density at radius 2 is 2.13 bits per heavy atom. The third-order valence-electron chi connectivity index (χ3n) is 1.92. The summed E-state index contributed by atoms with van der Waals surface area (Å²) >= 11 is 3.30. The van der Waals surface area contributed by atoms with Crippen molar-refractivity contribution in [1.29, 1.82) is 0 Å². The minimum Gasteiger partial charge on any atom is -0.508 e. The van der Waals surface area contributed by atoms with Gasteiger partial charge in [0, 0.05) is 11.0 Å². The van der Waals surface area contributed by atoms with Gasteiger partial charge in [0.05, 0.1) is 6.54 Å². The normalized spacial score (nSPS) is 11.3. The average molecular weight is 280 g/mol. The second-order valence-corrected chi connectivity index (χ2v) is 4.22. The van der Waals surface area contributed by atoms with Crippen molar-refractivity contribution in [3.05, 3.63) is 28.2 Å². The Balaban J connectivity index is 2.67. The molecule has 15 heavy (non-hydrogen) atoms. The molecular weight excluding hydrogens is 268 g/mol. The Morgan fingerprint density at radius 1 is 1.47 bits per heavy atom. The lowest BCUT2D eigenvalue weighted by atomic mass is 10.2. The predicted octanol–water partition coefficient (Wildman–Crippen LogP) is 2.85. The van der Waals surface area contributed by atoms with Gasteiger partial charge in [-0.05, 0) is 30.8 Å². The SMILES string of the molecule is CN(Cc1cc(O)ccc1Br)CC(F)F. The molecule has 1 aromatic rings. The van der Waals surface area contributed by atoms with E-state index in [1.807, 2.05) is 0 Å². The number of benzene rings is 1. The number of nitrogens with zero attached hydrogens (tertiary/aromatic N) is 1. The quantitative estimate of drug-likeness (QED) is 0.916. The molecule has 0 aliphatic heterocycles. The third kappa shape index (κ3) is 4.13. The molecule has 0 aliphatic carbocycles. The summed E-state index contributed by atoms with van der Waals surface area (Å²) in [5.74, 6) is 0.138. The highest BCUT2D eigenvalue weighted by Gasteiger charge is 2.10. The zero-order valence-corrected chi connectivity index (χ0v) is 9.84. The van der Waals surface area contributed by atoms with Crippen LogP contribution >= 0.6 is 15.9 Å². The van der Waals surface area contributed by atoms with Gasteiger partial charge in [-0.2, -0.15) is 0 Å². The van der Waals surface area contributed by atoms with Crippen LogP contribution < -0.4 is 0 Å². The molecule has 84 valence electrons. The highest BCUT2D eigenvalue weighted by Crippen LogP contribution is 2.22. The molecule has 1 aromatic carbocycles. The van der Waals surface area contributed by atoms with Crippen LogP contribution in [0.15, 0.2) is 22.7 Å². The van der Waals surface area contributed by atoms with E-state index in [9.17, 15) is 13.9 Å². The van der Waals surface area contributed by atoms with E-state index in [0.29, 0.717) is 6.54 Å². The second kappa shape index (κ2) is 5.42. The van der Waals surface area contributed by atoms with Gasteiger partial charge in [0.1, 0.15) is 5.75 Å². The van der Waals surface area contributed by atoms with Gasteiger partial charge < -0.3 is 5.11 Å². The van der Waals surface area contributed by atoms with Gasteiger partial charge in [-0.3, -0.25) is 4.90 Å². The summed E-state index contributed by atoms with van der Waals surface area (Å²) in [5, 5.41) is 9.24. The Hall–Kier alpha value is -0.680. The summed E-state index contributed by atoms with van der Waals surface area (Å²) < 4.78 is 24.9. The van der Waals surface area contributed by atoms with Crippen molar-refractivity contribution < 1.29 is 13.9 Å². The van der Waals surface area contributed by atoms with E-state index in [0.717, 1.165) is 10.0 Å². The molecule has 1 rings (SSSR count). The molecule has 0 spiro atoms. The zero-order chi connectivity index (χ0) is 11.4. The highest BCUT2D eigenvalue weighted by atomic mass is 79.9. The van der Waals surface area contributed by atoms with Crippen molar-refractivity contribution in [1.82, 2.24) is 4.90 Å². The first-order chi connectivity index (χ1) is 6.99. The van der Waals surface area contributed by atoms with Crippen molar-refractivity contribution in [2.75, 3.05) is 13.6 Å². The molecule has 0 aromatic heterocycles. The number of aromatic hydroxyl groups is 1. The van der Waals surface area contributed by atoms with E-state index < -0.39 is 6.43 Å². The number of hydrogen-bond acceptors (Lipinski definition) is 2. The minimum absolute atomic E-state index is 0.138. The lowest BCUT2D eigenvalue weighted by Crippen LogP contribution is -2.24. The first kappa shape index (κ1) is 12.4. The van der Waals surface area contributed by atoms with Crippen LogP contribution in [0, 0.1) is 0 Å². The van der Waals surface area contributed by atoms with Crippen molar-refractivity contribution in [3.8, 4) is 5.75 Å². The number of hydrogen-bond donors (Lipinski definition) is 1. The fourth-order valence-corrected chi connectivity index (χ4v) is 1.65. The molecule has 0 fully saturated rings. The molecule has 1 N–H and O–H groups in total. The summed E-state index contributed by atoms with van der Waals surface area (Å²) in [5.41, 5.74) is 0.790. The maximum absolute atomic E-state index is 12.1. The first-order valence-electron chi connectivity index (χ1n) is 4.43. The van der Waals surface area contributed by atoms with E-state index in [1.54, 1.807) is 25.2 Å². The Labute approximate surface area is 95.6 Å². The van der Waals surface area contributed by atoms with Crippen LogP contribution in [0.3, 0.4) is 0 Å².